The van der Waals surface area contributed by atoms with Gasteiger partial charge >= 0.3 is 5.69 Å². The van der Waals surface area contributed by atoms with Crippen LogP contribution in [0.1, 0.15) is 0 Å². The van der Waals surface area contributed by atoms with Crippen LogP contribution in [0.5, 0.6) is 0 Å². The molecule has 0 aliphatic heterocycles. The van der Waals surface area contributed by atoms with Crippen molar-refractivity contribution < 1.29 is 4.92 Å². The summed E-state index contributed by atoms with van der Waals surface area (Å²) in [6, 6.07) is 10.4. The van der Waals surface area contributed by atoms with Gasteiger partial charge in [0.15, 0.2) is 0 Å². The van der Waals surface area contributed by atoms with Crippen molar-refractivity contribution >= 4 is 17.2 Å². The normalized spacial score (nSPS) is 9.75. The Labute approximate surface area is 91.1 Å². The number of benzene rings is 1. The second-order valence-electron chi connectivity index (χ2n) is 3.01. The van der Waals surface area contributed by atoms with Gasteiger partial charge in [0.1, 0.15) is 0 Å². The minimum atomic E-state index is -0.500. The molecule has 0 unspecified atom stereocenters. The van der Waals surface area contributed by atoms with Gasteiger partial charge in [0.25, 0.3) is 0 Å². The van der Waals surface area contributed by atoms with Crippen LogP contribution in [-0.4, -0.2) is 15.1 Å². The van der Waals surface area contributed by atoms with E-state index < -0.39 is 4.92 Å². The van der Waals surface area contributed by atoms with Crippen LogP contribution in [0.25, 0.3) is 0 Å². The predicted molar refractivity (Wildman–Crippen MR) is 58.4 cm³/mol. The van der Waals surface area contributed by atoms with E-state index in [0.717, 1.165) is 5.69 Å². The Bertz CT molecular complexity index is 501. The number of rotatable bonds is 3. The third-order valence-electron chi connectivity index (χ3n) is 1.93. The largest absolute Gasteiger partial charge is 0.333 e. The first-order valence-electron chi connectivity index (χ1n) is 4.55. The molecule has 0 bridgehead atoms. The summed E-state index contributed by atoms with van der Waals surface area (Å²) >= 11 is 0. The maximum absolute atomic E-state index is 10.7. The second-order valence-corrected chi connectivity index (χ2v) is 3.01. The molecule has 80 valence electrons. The summed E-state index contributed by atoms with van der Waals surface area (Å²) in [5.41, 5.74) is 0.630. The third kappa shape index (κ3) is 2.11. The molecule has 0 spiro atoms. The van der Waals surface area contributed by atoms with Gasteiger partial charge in [-0.1, -0.05) is 18.2 Å². The molecule has 6 nitrogen and oxygen atoms in total. The minimum absolute atomic E-state index is 0.0983. The van der Waals surface area contributed by atoms with Gasteiger partial charge in [-0.2, -0.15) is 5.10 Å². The van der Waals surface area contributed by atoms with E-state index in [0.29, 0.717) is 0 Å². The van der Waals surface area contributed by atoms with Gasteiger partial charge in [-0.3, -0.25) is 10.1 Å². The van der Waals surface area contributed by atoms with Crippen LogP contribution in [0.4, 0.5) is 17.2 Å². The smallest absolute Gasteiger partial charge is 0.315 e. The van der Waals surface area contributed by atoms with Gasteiger partial charge in [-0.15, -0.1) is 5.10 Å². The molecule has 0 saturated heterocycles. The van der Waals surface area contributed by atoms with Crippen molar-refractivity contribution in [3.8, 4) is 0 Å². The van der Waals surface area contributed by atoms with Gasteiger partial charge < -0.3 is 5.32 Å². The standard InChI is InChI=1S/C10H8N4O2/c15-14(16)9-6-7-11-13-10(9)12-8-4-2-1-3-5-8/h1-7H,(H,12,13). The summed E-state index contributed by atoms with van der Waals surface area (Å²) < 4.78 is 0. The zero-order valence-electron chi connectivity index (χ0n) is 8.20. The number of aromatic nitrogens is 2. The van der Waals surface area contributed by atoms with E-state index in [9.17, 15) is 10.1 Å². The maximum atomic E-state index is 10.7. The molecule has 0 radical (unpaired) electrons. The van der Waals surface area contributed by atoms with Crippen LogP contribution in [0, 0.1) is 10.1 Å². The zero-order chi connectivity index (χ0) is 11.4. The second kappa shape index (κ2) is 4.35. The number of anilines is 2. The van der Waals surface area contributed by atoms with E-state index >= 15 is 0 Å². The summed E-state index contributed by atoms with van der Waals surface area (Å²) in [6.45, 7) is 0. The lowest BCUT2D eigenvalue weighted by atomic mass is 10.3. The SMILES string of the molecule is O=[N+]([O-])c1ccnnc1Nc1ccccc1. The molecule has 0 aliphatic carbocycles. The average Bonchev–Trinajstić information content (AvgIpc) is 2.31. The van der Waals surface area contributed by atoms with Crippen molar-refractivity contribution in [3.05, 3.63) is 52.7 Å². The monoisotopic (exact) mass is 216 g/mol. The fourth-order valence-corrected chi connectivity index (χ4v) is 1.22. The lowest BCUT2D eigenvalue weighted by Gasteiger charge is -2.03. The summed E-state index contributed by atoms with van der Waals surface area (Å²) in [5, 5.41) is 20.8. The average molecular weight is 216 g/mol. The Morgan fingerprint density at radius 2 is 1.94 bits per heavy atom. The highest BCUT2D eigenvalue weighted by Crippen LogP contribution is 2.23. The fraction of sp³-hybridized carbons (Fsp3) is 0. The fourth-order valence-electron chi connectivity index (χ4n) is 1.22. The Balaban J connectivity index is 2.31. The lowest BCUT2D eigenvalue weighted by molar-refractivity contribution is -0.384. The molecular formula is C10H8N4O2. The molecule has 0 aliphatic rings. The number of nitrogens with one attached hydrogen (secondary N) is 1. The van der Waals surface area contributed by atoms with E-state index in [4.69, 9.17) is 0 Å². The molecule has 0 atom stereocenters. The summed E-state index contributed by atoms with van der Waals surface area (Å²) in [4.78, 5) is 10.2. The molecule has 0 fully saturated rings. The van der Waals surface area contributed by atoms with E-state index in [-0.39, 0.29) is 11.5 Å². The zero-order valence-corrected chi connectivity index (χ0v) is 8.20. The van der Waals surface area contributed by atoms with Crippen molar-refractivity contribution in [2.24, 2.45) is 0 Å². The van der Waals surface area contributed by atoms with Crippen LogP contribution in [0.3, 0.4) is 0 Å². The molecule has 0 saturated carbocycles. The van der Waals surface area contributed by atoms with Crippen LogP contribution >= 0.6 is 0 Å². The van der Waals surface area contributed by atoms with Gasteiger partial charge in [-0.25, -0.2) is 0 Å². The number of hydrogen-bond acceptors (Lipinski definition) is 5. The highest BCUT2D eigenvalue weighted by atomic mass is 16.6. The van der Waals surface area contributed by atoms with Crippen LogP contribution in [0.15, 0.2) is 42.6 Å². The molecule has 2 rings (SSSR count). The quantitative estimate of drug-likeness (QED) is 0.627. The molecule has 1 aromatic heterocycles. The highest BCUT2D eigenvalue weighted by Gasteiger charge is 2.14. The topological polar surface area (TPSA) is 81.0 Å². The summed E-state index contributed by atoms with van der Waals surface area (Å²) in [6.07, 6.45) is 1.29. The first-order chi connectivity index (χ1) is 7.77. The predicted octanol–water partition coefficient (Wildman–Crippen LogP) is 2.13. The van der Waals surface area contributed by atoms with E-state index in [1.54, 1.807) is 12.1 Å². The first kappa shape index (κ1) is 10.0. The molecule has 0 amide bonds. The molecule has 1 heterocycles. The Morgan fingerprint density at radius 1 is 1.19 bits per heavy atom. The molecule has 1 N–H and O–H groups in total. The van der Waals surface area contributed by atoms with Crippen LogP contribution in [0.2, 0.25) is 0 Å². The summed E-state index contributed by atoms with van der Waals surface area (Å²) in [5.74, 6) is 0.138. The van der Waals surface area contributed by atoms with Crippen LogP contribution < -0.4 is 5.32 Å². The van der Waals surface area contributed by atoms with Crippen molar-refractivity contribution in [1.29, 1.82) is 0 Å². The summed E-state index contributed by atoms with van der Waals surface area (Å²) in [7, 11) is 0. The highest BCUT2D eigenvalue weighted by molar-refractivity contribution is 5.64. The third-order valence-corrected chi connectivity index (χ3v) is 1.93. The van der Waals surface area contributed by atoms with Crippen molar-refractivity contribution in [2.75, 3.05) is 5.32 Å². The molecular weight excluding hydrogens is 208 g/mol. The van der Waals surface area contributed by atoms with Crippen molar-refractivity contribution in [3.63, 3.8) is 0 Å². The number of nitrogens with zero attached hydrogens (tertiary/aromatic N) is 3. The Hall–Kier alpha value is -2.50. The lowest BCUT2D eigenvalue weighted by Crippen LogP contribution is -2.00. The van der Waals surface area contributed by atoms with E-state index in [1.807, 2.05) is 18.2 Å². The van der Waals surface area contributed by atoms with Gasteiger partial charge in [0.05, 0.1) is 11.1 Å². The van der Waals surface area contributed by atoms with Gasteiger partial charge in [0, 0.05) is 11.8 Å². The molecule has 6 heteroatoms. The van der Waals surface area contributed by atoms with Crippen LogP contribution in [-0.2, 0) is 0 Å². The van der Waals surface area contributed by atoms with Gasteiger partial charge in [0.2, 0.25) is 5.82 Å². The first-order valence-corrected chi connectivity index (χ1v) is 4.55. The minimum Gasteiger partial charge on any atom is -0.333 e. The van der Waals surface area contributed by atoms with E-state index in [2.05, 4.69) is 15.5 Å². The Kier molecular flexibility index (Phi) is 2.73. The number of hydrogen-bond donors (Lipinski definition) is 1. The number of para-hydroxylation sites is 1. The van der Waals surface area contributed by atoms with Gasteiger partial charge in [-0.05, 0) is 12.1 Å². The van der Waals surface area contributed by atoms with Crippen molar-refractivity contribution in [1.82, 2.24) is 10.2 Å². The number of nitro groups is 1. The Morgan fingerprint density at radius 3 is 2.62 bits per heavy atom. The maximum Gasteiger partial charge on any atom is 0.315 e. The van der Waals surface area contributed by atoms with Crippen molar-refractivity contribution in [2.45, 2.75) is 0 Å². The molecule has 16 heavy (non-hydrogen) atoms. The molecule has 2 aromatic rings. The molecule has 1 aromatic carbocycles. The van der Waals surface area contributed by atoms with E-state index in [1.165, 1.54) is 12.3 Å².